The summed E-state index contributed by atoms with van der Waals surface area (Å²) in [6.45, 7) is 1.12. The lowest BCUT2D eigenvalue weighted by Gasteiger charge is -2.21. The third-order valence-electron chi connectivity index (χ3n) is 6.78. The van der Waals surface area contributed by atoms with Gasteiger partial charge in [0.1, 0.15) is 11.2 Å². The number of pyridine rings is 1. The number of aromatic nitrogens is 2. The number of nitrogens with one attached hydrogen (secondary N) is 2. The molecule has 0 radical (unpaired) electrons. The summed E-state index contributed by atoms with van der Waals surface area (Å²) in [6, 6.07) is 12.3. The van der Waals surface area contributed by atoms with Crippen molar-refractivity contribution >= 4 is 86.4 Å². The maximum atomic E-state index is 13.0. The SMILES string of the molecule is Cc1nc2c(OCc3c(Cl)ccc(N(C)C(=O)CNC(=O)Nc4cccc(C(=O)N(CCO)CCO)c4)c3Cl)cccn2c1Br.Cl. The van der Waals surface area contributed by atoms with Crippen LogP contribution in [0.3, 0.4) is 0 Å². The van der Waals surface area contributed by atoms with Crippen molar-refractivity contribution in [3.63, 3.8) is 0 Å². The molecule has 0 fully saturated rings. The average Bonchev–Trinajstić information content (AvgIpc) is 3.32. The first kappa shape index (κ1) is 36.9. The molecule has 4 N–H and O–H groups in total. The zero-order valence-electron chi connectivity index (χ0n) is 24.8. The van der Waals surface area contributed by atoms with Crippen LogP contribution >= 0.6 is 51.5 Å². The van der Waals surface area contributed by atoms with E-state index in [-0.39, 0.29) is 62.4 Å². The number of rotatable bonds is 12. The number of carbonyl (C=O) groups excluding carboxylic acids is 3. The van der Waals surface area contributed by atoms with Gasteiger partial charge in [0.15, 0.2) is 11.4 Å². The van der Waals surface area contributed by atoms with E-state index in [1.807, 2.05) is 23.6 Å². The summed E-state index contributed by atoms with van der Waals surface area (Å²) in [5.74, 6) is -0.354. The second kappa shape index (κ2) is 16.8. The van der Waals surface area contributed by atoms with E-state index < -0.39 is 17.8 Å². The third kappa shape index (κ3) is 8.60. The topological polar surface area (TPSA) is 149 Å². The molecule has 12 nitrogen and oxygen atoms in total. The highest BCUT2D eigenvalue weighted by molar-refractivity contribution is 9.10. The van der Waals surface area contributed by atoms with Gasteiger partial charge in [0.2, 0.25) is 5.91 Å². The van der Waals surface area contributed by atoms with Gasteiger partial charge in [0, 0.05) is 48.2 Å². The average molecular weight is 759 g/mol. The van der Waals surface area contributed by atoms with Crippen molar-refractivity contribution in [2.24, 2.45) is 0 Å². The minimum absolute atomic E-state index is 0. The lowest BCUT2D eigenvalue weighted by Crippen LogP contribution is -2.40. The normalized spacial score (nSPS) is 10.7. The number of likely N-dealkylation sites (N-methyl/N-ethyl adjacent to an activating group) is 1. The number of aliphatic hydroxyl groups excluding tert-OH is 2. The van der Waals surface area contributed by atoms with E-state index in [1.54, 1.807) is 36.4 Å². The van der Waals surface area contributed by atoms with Crippen LogP contribution in [0.5, 0.6) is 5.75 Å². The van der Waals surface area contributed by atoms with Crippen molar-refractivity contribution in [3.05, 3.63) is 86.2 Å². The maximum Gasteiger partial charge on any atom is 0.319 e. The smallest absolute Gasteiger partial charge is 0.319 e. The van der Waals surface area contributed by atoms with Crippen LogP contribution < -0.4 is 20.3 Å². The number of aliphatic hydroxyl groups is 2. The van der Waals surface area contributed by atoms with Gasteiger partial charge in [-0.25, -0.2) is 9.78 Å². The Hall–Kier alpha value is -3.59. The van der Waals surface area contributed by atoms with Crippen LogP contribution in [0.4, 0.5) is 16.2 Å². The second-order valence-electron chi connectivity index (χ2n) is 9.78. The molecule has 16 heteroatoms. The van der Waals surface area contributed by atoms with Crippen molar-refractivity contribution < 1.29 is 29.3 Å². The number of amides is 4. The fourth-order valence-electron chi connectivity index (χ4n) is 4.42. The molecule has 0 aliphatic carbocycles. The molecule has 246 valence electrons. The minimum atomic E-state index is -0.671. The number of urea groups is 1. The van der Waals surface area contributed by atoms with Crippen LogP contribution in [0.2, 0.25) is 10.0 Å². The molecule has 0 atom stereocenters. The lowest BCUT2D eigenvalue weighted by atomic mass is 10.1. The van der Waals surface area contributed by atoms with E-state index in [9.17, 15) is 24.6 Å². The number of benzene rings is 2. The molecule has 4 aromatic rings. The number of imidazole rings is 1. The molecular weight excluding hydrogens is 727 g/mol. The van der Waals surface area contributed by atoms with Gasteiger partial charge in [-0.05, 0) is 65.3 Å². The van der Waals surface area contributed by atoms with Crippen LogP contribution in [0.25, 0.3) is 5.65 Å². The van der Waals surface area contributed by atoms with Gasteiger partial charge >= 0.3 is 6.03 Å². The Morgan fingerprint density at radius 1 is 1.07 bits per heavy atom. The first-order chi connectivity index (χ1) is 21.5. The number of fused-ring (bicyclic) bond motifs is 1. The Morgan fingerprint density at radius 3 is 2.48 bits per heavy atom. The van der Waals surface area contributed by atoms with Crippen LogP contribution in [0.15, 0.2) is 59.3 Å². The molecule has 2 heterocycles. The summed E-state index contributed by atoms with van der Waals surface area (Å²) >= 11 is 16.7. The number of carbonyl (C=O) groups is 3. The quantitative estimate of drug-likeness (QED) is 0.160. The molecule has 0 saturated heterocycles. The van der Waals surface area contributed by atoms with Crippen molar-refractivity contribution in [1.82, 2.24) is 19.6 Å². The van der Waals surface area contributed by atoms with Gasteiger partial charge in [-0.15, -0.1) is 12.4 Å². The molecule has 46 heavy (non-hydrogen) atoms. The molecular formula is C30H32BrCl3N6O6. The van der Waals surface area contributed by atoms with Gasteiger partial charge in [0.05, 0.1) is 36.2 Å². The van der Waals surface area contributed by atoms with Crippen molar-refractivity contribution in [2.45, 2.75) is 13.5 Å². The van der Waals surface area contributed by atoms with E-state index in [4.69, 9.17) is 27.9 Å². The summed E-state index contributed by atoms with van der Waals surface area (Å²) in [6.07, 6.45) is 1.86. The maximum absolute atomic E-state index is 13.0. The molecule has 0 spiro atoms. The Balaban J connectivity index is 0.00000576. The number of ether oxygens (including phenoxy) is 1. The molecule has 4 amide bonds. The minimum Gasteiger partial charge on any atom is -0.485 e. The van der Waals surface area contributed by atoms with Gasteiger partial charge in [-0.1, -0.05) is 29.3 Å². The number of halogens is 4. The summed E-state index contributed by atoms with van der Waals surface area (Å²) < 4.78 is 8.70. The Labute approximate surface area is 289 Å². The summed E-state index contributed by atoms with van der Waals surface area (Å²) in [4.78, 5) is 45.4. The summed E-state index contributed by atoms with van der Waals surface area (Å²) in [5.41, 5.74) is 2.82. The fourth-order valence-corrected chi connectivity index (χ4v) is 5.40. The lowest BCUT2D eigenvalue weighted by molar-refractivity contribution is -0.117. The monoisotopic (exact) mass is 756 g/mol. The van der Waals surface area contributed by atoms with Gasteiger partial charge in [-0.2, -0.15) is 0 Å². The van der Waals surface area contributed by atoms with E-state index in [0.29, 0.717) is 33.4 Å². The third-order valence-corrected chi connectivity index (χ3v) is 8.51. The number of aryl methyl sites for hydroxylation is 1. The van der Waals surface area contributed by atoms with Crippen LogP contribution in [-0.2, 0) is 11.4 Å². The zero-order chi connectivity index (χ0) is 32.7. The molecule has 2 aromatic heterocycles. The number of nitrogens with zero attached hydrogens (tertiary/aromatic N) is 4. The molecule has 4 rings (SSSR count). The molecule has 0 unspecified atom stereocenters. The number of hydrogen-bond donors (Lipinski definition) is 4. The highest BCUT2D eigenvalue weighted by Crippen LogP contribution is 2.35. The van der Waals surface area contributed by atoms with E-state index in [1.165, 1.54) is 22.9 Å². The number of hydrogen-bond acceptors (Lipinski definition) is 7. The highest BCUT2D eigenvalue weighted by atomic mass is 79.9. The Morgan fingerprint density at radius 2 is 1.78 bits per heavy atom. The molecule has 0 aliphatic rings. The molecule has 0 aliphatic heterocycles. The standard InChI is InChI=1S/C30H31BrCl2N6O6.ClH/c1-18-27(31)39-10-4-7-24(28(39)35-18)45-17-21-22(32)8-9-23(26(21)33)37(2)25(42)16-34-30(44)36-20-6-3-5-19(15-20)29(43)38(11-13-40)12-14-41;/h3-10,15,40-41H,11-14,16-17H2,1-2H3,(H2,34,36,44);1H. The van der Waals surface area contributed by atoms with Crippen LogP contribution in [0, 0.1) is 6.92 Å². The van der Waals surface area contributed by atoms with Crippen LogP contribution in [-0.4, -0.2) is 82.2 Å². The zero-order valence-corrected chi connectivity index (χ0v) is 28.7. The highest BCUT2D eigenvalue weighted by Gasteiger charge is 2.21. The summed E-state index contributed by atoms with van der Waals surface area (Å²) in [7, 11) is 1.52. The molecule has 0 saturated carbocycles. The first-order valence-corrected chi connectivity index (χ1v) is 15.3. The second-order valence-corrected chi connectivity index (χ2v) is 11.3. The molecule has 2 aromatic carbocycles. The first-order valence-electron chi connectivity index (χ1n) is 13.7. The van der Waals surface area contributed by atoms with Gasteiger partial charge in [0.25, 0.3) is 5.91 Å². The van der Waals surface area contributed by atoms with Crippen molar-refractivity contribution in [2.75, 3.05) is 50.1 Å². The fraction of sp³-hybridized carbons (Fsp3) is 0.267. The predicted molar refractivity (Wildman–Crippen MR) is 183 cm³/mol. The predicted octanol–water partition coefficient (Wildman–Crippen LogP) is 4.92. The molecule has 0 bridgehead atoms. The Kier molecular flexibility index (Phi) is 13.5. The van der Waals surface area contributed by atoms with E-state index >= 15 is 0 Å². The van der Waals surface area contributed by atoms with Gasteiger partial charge in [-0.3, -0.25) is 14.0 Å². The largest absolute Gasteiger partial charge is 0.485 e. The summed E-state index contributed by atoms with van der Waals surface area (Å²) in [5, 5.41) is 24.1. The Bertz CT molecular complexity index is 1720. The van der Waals surface area contributed by atoms with Crippen molar-refractivity contribution in [3.8, 4) is 5.75 Å². The van der Waals surface area contributed by atoms with Crippen molar-refractivity contribution in [1.29, 1.82) is 0 Å². The van der Waals surface area contributed by atoms with E-state index in [2.05, 4.69) is 31.5 Å². The number of anilines is 2. The van der Waals surface area contributed by atoms with Crippen LogP contribution in [0.1, 0.15) is 21.6 Å². The van der Waals surface area contributed by atoms with Gasteiger partial charge < -0.3 is 35.4 Å². The van der Waals surface area contributed by atoms with E-state index in [0.717, 1.165) is 10.3 Å².